The molecule has 1 amide bonds. The summed E-state index contributed by atoms with van der Waals surface area (Å²) in [6.07, 6.45) is 3.60. The van der Waals surface area contributed by atoms with Crippen LogP contribution in [-0.4, -0.2) is 53.8 Å². The average Bonchev–Trinajstić information content (AvgIpc) is 2.77. The summed E-state index contributed by atoms with van der Waals surface area (Å²) in [5.74, 6) is 0.253. The third kappa shape index (κ3) is 5.05. The molecule has 1 aliphatic heterocycles. The minimum Gasteiger partial charge on any atom is -0.507 e. The number of amides is 1. The van der Waals surface area contributed by atoms with Crippen LogP contribution in [0, 0.1) is 0 Å². The molecule has 31 heavy (non-hydrogen) atoms. The van der Waals surface area contributed by atoms with Crippen LogP contribution in [0.3, 0.4) is 0 Å². The number of hydrogen-bond donors (Lipinski definition) is 1. The topological polar surface area (TPSA) is 93.1 Å². The summed E-state index contributed by atoms with van der Waals surface area (Å²) < 4.78 is 11.5. The number of nitrogens with zero attached hydrogens (tertiary/aromatic N) is 1. The van der Waals surface area contributed by atoms with E-state index in [-0.39, 0.29) is 47.3 Å². The quantitative estimate of drug-likeness (QED) is 0.645. The molecule has 1 saturated heterocycles. The summed E-state index contributed by atoms with van der Waals surface area (Å²) in [6, 6.07) is 9.41. The molecule has 0 aromatic heterocycles. The number of aldehydes is 2. The van der Waals surface area contributed by atoms with Crippen LogP contribution in [0.25, 0.3) is 0 Å². The molecule has 1 aliphatic rings. The fraction of sp³-hybridized carbons (Fsp3) is 0.375. The summed E-state index contributed by atoms with van der Waals surface area (Å²) in [6.45, 7) is 4.43. The van der Waals surface area contributed by atoms with Crippen molar-refractivity contribution < 1.29 is 29.0 Å². The molecule has 7 heteroatoms. The van der Waals surface area contributed by atoms with Gasteiger partial charge in [0, 0.05) is 6.54 Å². The summed E-state index contributed by atoms with van der Waals surface area (Å²) in [5, 5.41) is 9.84. The molecule has 0 radical (unpaired) electrons. The minimum absolute atomic E-state index is 0.0814. The fourth-order valence-corrected chi connectivity index (χ4v) is 3.77. The Bertz CT molecular complexity index is 955. The average molecular weight is 425 g/mol. The van der Waals surface area contributed by atoms with E-state index in [1.807, 2.05) is 13.8 Å². The Balaban J connectivity index is 1.82. The third-order valence-corrected chi connectivity index (χ3v) is 5.26. The molecule has 2 aromatic carbocycles. The highest BCUT2D eigenvalue weighted by atomic mass is 16.5. The zero-order valence-corrected chi connectivity index (χ0v) is 17.7. The van der Waals surface area contributed by atoms with Crippen LogP contribution in [-0.2, 0) is 0 Å². The van der Waals surface area contributed by atoms with E-state index in [4.69, 9.17) is 9.47 Å². The molecule has 1 atom stereocenters. The van der Waals surface area contributed by atoms with Crippen molar-refractivity contribution >= 4 is 18.5 Å². The van der Waals surface area contributed by atoms with Gasteiger partial charge in [-0.3, -0.25) is 14.4 Å². The van der Waals surface area contributed by atoms with E-state index in [2.05, 4.69) is 0 Å². The van der Waals surface area contributed by atoms with Crippen molar-refractivity contribution in [3.8, 4) is 17.2 Å². The molecule has 164 valence electrons. The summed E-state index contributed by atoms with van der Waals surface area (Å²) >= 11 is 0. The molecule has 1 heterocycles. The van der Waals surface area contributed by atoms with E-state index in [1.54, 1.807) is 35.2 Å². The predicted octanol–water partition coefficient (Wildman–Crippen LogP) is 3.88. The van der Waals surface area contributed by atoms with Crippen LogP contribution in [0.4, 0.5) is 0 Å². The zero-order chi connectivity index (χ0) is 22.4. The van der Waals surface area contributed by atoms with Crippen molar-refractivity contribution in [1.82, 2.24) is 4.90 Å². The number of piperidine rings is 1. The largest absolute Gasteiger partial charge is 0.507 e. The van der Waals surface area contributed by atoms with E-state index >= 15 is 0 Å². The number of aromatic hydroxyl groups is 1. The van der Waals surface area contributed by atoms with Gasteiger partial charge < -0.3 is 19.5 Å². The Morgan fingerprint density at radius 1 is 1.10 bits per heavy atom. The highest BCUT2D eigenvalue weighted by Crippen LogP contribution is 2.29. The Hall–Kier alpha value is -3.35. The van der Waals surface area contributed by atoms with Crippen molar-refractivity contribution in [2.75, 3.05) is 13.2 Å². The Labute approximate surface area is 181 Å². The number of carbonyl (C=O) groups is 3. The number of benzene rings is 2. The SMILES string of the molecule is CC(C)Oc1cccc(C(=O)N2CCCC[C@H]2COc2cccc(O)c2C=O)c1C=O. The van der Waals surface area contributed by atoms with Crippen LogP contribution >= 0.6 is 0 Å². The number of phenols is 1. The molecule has 0 spiro atoms. The second-order valence-electron chi connectivity index (χ2n) is 7.77. The van der Waals surface area contributed by atoms with E-state index in [1.165, 1.54) is 6.07 Å². The molecular weight excluding hydrogens is 398 g/mol. The van der Waals surface area contributed by atoms with Crippen molar-refractivity contribution in [3.05, 3.63) is 53.1 Å². The molecule has 7 nitrogen and oxygen atoms in total. The number of hydrogen-bond acceptors (Lipinski definition) is 6. The molecule has 2 aromatic rings. The summed E-state index contributed by atoms with van der Waals surface area (Å²) in [7, 11) is 0. The fourth-order valence-electron chi connectivity index (χ4n) is 3.77. The standard InChI is InChI=1S/C24H27NO6/c1-16(2)31-23-11-5-8-18(19(23)13-26)24(29)25-12-4-3-7-17(25)15-30-22-10-6-9-21(28)20(22)14-27/h5-6,8-11,13-14,16-17,28H,3-4,7,12,15H2,1-2H3/t17-/m0/s1. The van der Waals surface area contributed by atoms with Crippen LogP contribution in [0.15, 0.2) is 36.4 Å². The van der Waals surface area contributed by atoms with E-state index in [0.717, 1.165) is 19.3 Å². The second-order valence-corrected chi connectivity index (χ2v) is 7.77. The highest BCUT2D eigenvalue weighted by Gasteiger charge is 2.30. The van der Waals surface area contributed by atoms with E-state index in [0.29, 0.717) is 30.4 Å². The molecule has 0 unspecified atom stereocenters. The lowest BCUT2D eigenvalue weighted by molar-refractivity contribution is 0.0524. The van der Waals surface area contributed by atoms with Crippen LogP contribution in [0.1, 0.15) is 64.2 Å². The third-order valence-electron chi connectivity index (χ3n) is 5.26. The normalized spacial score (nSPS) is 16.1. The molecule has 1 fully saturated rings. The lowest BCUT2D eigenvalue weighted by Gasteiger charge is -2.36. The lowest BCUT2D eigenvalue weighted by Crippen LogP contribution is -2.47. The first kappa shape index (κ1) is 22.3. The maximum Gasteiger partial charge on any atom is 0.255 e. The monoisotopic (exact) mass is 425 g/mol. The number of ether oxygens (including phenoxy) is 2. The maximum atomic E-state index is 13.4. The molecule has 0 aliphatic carbocycles. The summed E-state index contributed by atoms with van der Waals surface area (Å²) in [4.78, 5) is 38.2. The first-order valence-corrected chi connectivity index (χ1v) is 10.4. The van der Waals surface area contributed by atoms with Gasteiger partial charge in [0.25, 0.3) is 5.91 Å². The van der Waals surface area contributed by atoms with Crippen LogP contribution in [0.5, 0.6) is 17.2 Å². The Morgan fingerprint density at radius 3 is 2.52 bits per heavy atom. The number of rotatable bonds is 8. The number of phenolic OH excluding ortho intramolecular Hbond substituents is 1. The predicted molar refractivity (Wildman–Crippen MR) is 115 cm³/mol. The van der Waals surface area contributed by atoms with Gasteiger partial charge in [-0.25, -0.2) is 0 Å². The smallest absolute Gasteiger partial charge is 0.255 e. The van der Waals surface area contributed by atoms with Gasteiger partial charge >= 0.3 is 0 Å². The molecule has 3 rings (SSSR count). The van der Waals surface area contributed by atoms with Gasteiger partial charge in [-0.1, -0.05) is 12.1 Å². The number of likely N-dealkylation sites (tertiary alicyclic amines) is 1. The van der Waals surface area contributed by atoms with Gasteiger partial charge in [-0.2, -0.15) is 0 Å². The zero-order valence-electron chi connectivity index (χ0n) is 17.7. The van der Waals surface area contributed by atoms with Gasteiger partial charge in [0.05, 0.1) is 28.8 Å². The lowest BCUT2D eigenvalue weighted by atomic mass is 9.99. The van der Waals surface area contributed by atoms with Gasteiger partial charge in [0.2, 0.25) is 0 Å². The molecule has 0 saturated carbocycles. The first-order chi connectivity index (χ1) is 15.0. The Kier molecular flexibility index (Phi) is 7.28. The van der Waals surface area contributed by atoms with E-state index < -0.39 is 0 Å². The van der Waals surface area contributed by atoms with E-state index in [9.17, 15) is 19.5 Å². The highest BCUT2D eigenvalue weighted by molar-refractivity contribution is 6.03. The maximum absolute atomic E-state index is 13.4. The summed E-state index contributed by atoms with van der Waals surface area (Å²) in [5.41, 5.74) is 0.617. The van der Waals surface area contributed by atoms with Gasteiger partial charge in [-0.15, -0.1) is 0 Å². The number of carbonyl (C=O) groups excluding carboxylic acids is 3. The van der Waals surface area contributed by atoms with Crippen LogP contribution < -0.4 is 9.47 Å². The molecular formula is C24H27NO6. The van der Waals surface area contributed by atoms with Gasteiger partial charge in [0.1, 0.15) is 23.9 Å². The van der Waals surface area contributed by atoms with Crippen LogP contribution in [0.2, 0.25) is 0 Å². The van der Waals surface area contributed by atoms with Gasteiger partial charge in [0.15, 0.2) is 12.6 Å². The van der Waals surface area contributed by atoms with Crippen molar-refractivity contribution in [2.45, 2.75) is 45.3 Å². The Morgan fingerprint density at radius 2 is 1.81 bits per heavy atom. The van der Waals surface area contributed by atoms with Crippen molar-refractivity contribution in [1.29, 1.82) is 0 Å². The van der Waals surface area contributed by atoms with Crippen molar-refractivity contribution in [3.63, 3.8) is 0 Å². The first-order valence-electron chi connectivity index (χ1n) is 10.4. The van der Waals surface area contributed by atoms with Crippen molar-refractivity contribution in [2.24, 2.45) is 0 Å². The molecule has 0 bridgehead atoms. The van der Waals surface area contributed by atoms with Gasteiger partial charge in [-0.05, 0) is 57.4 Å². The second kappa shape index (κ2) is 10.1. The minimum atomic E-state index is -0.254. The molecule has 1 N–H and O–H groups in total.